The zero-order valence-electron chi connectivity index (χ0n) is 13.7. The molecule has 1 saturated heterocycles. The highest BCUT2D eigenvalue weighted by Gasteiger charge is 2.21. The number of nitrogens with one attached hydrogen (secondary N) is 1. The fourth-order valence-electron chi connectivity index (χ4n) is 2.70. The molecule has 22 heavy (non-hydrogen) atoms. The first-order valence-corrected chi connectivity index (χ1v) is 7.79. The van der Waals surface area contributed by atoms with Crippen LogP contribution in [0.5, 0.6) is 5.75 Å². The largest absolute Gasteiger partial charge is 0.491 e. The van der Waals surface area contributed by atoms with Crippen LogP contribution in [-0.2, 0) is 11.2 Å². The summed E-state index contributed by atoms with van der Waals surface area (Å²) < 4.78 is 5.68. The molecule has 0 aliphatic carbocycles. The Hall–Kier alpha value is -1.26. The van der Waals surface area contributed by atoms with Crippen molar-refractivity contribution in [3.05, 3.63) is 29.8 Å². The summed E-state index contributed by atoms with van der Waals surface area (Å²) in [5.41, 5.74) is 1.02. The zero-order chi connectivity index (χ0) is 15.2. The lowest BCUT2D eigenvalue weighted by Gasteiger charge is -2.32. The van der Waals surface area contributed by atoms with Crippen LogP contribution in [0.2, 0.25) is 0 Å². The maximum Gasteiger partial charge on any atom is 0.226 e. The monoisotopic (exact) mass is 326 g/mol. The topological polar surface area (TPSA) is 41.6 Å². The van der Waals surface area contributed by atoms with Crippen molar-refractivity contribution in [1.29, 1.82) is 0 Å². The maximum atomic E-state index is 12.4. The molecule has 1 aliphatic heterocycles. The Kier molecular flexibility index (Phi) is 7.69. The van der Waals surface area contributed by atoms with E-state index in [9.17, 15) is 4.79 Å². The summed E-state index contributed by atoms with van der Waals surface area (Å²) in [4.78, 5) is 14.3. The van der Waals surface area contributed by atoms with Gasteiger partial charge in [-0.25, -0.2) is 0 Å². The standard InChI is InChI=1S/C17H26N2O2.ClH/c1-13(2)21-16-6-4-5-14(11-16)12-17(20)19-9-7-15(18-3)8-10-19;/h4-6,11,13,15,18H,7-10,12H2,1-3H3;1H. The molecule has 1 N–H and O–H groups in total. The van der Waals surface area contributed by atoms with Crippen LogP contribution in [0.4, 0.5) is 0 Å². The van der Waals surface area contributed by atoms with Gasteiger partial charge in [-0.2, -0.15) is 0 Å². The lowest BCUT2D eigenvalue weighted by Crippen LogP contribution is -2.44. The van der Waals surface area contributed by atoms with E-state index in [1.54, 1.807) is 0 Å². The van der Waals surface area contributed by atoms with Crippen LogP contribution in [0.15, 0.2) is 24.3 Å². The number of benzene rings is 1. The number of likely N-dealkylation sites (tertiary alicyclic amines) is 1. The summed E-state index contributed by atoms with van der Waals surface area (Å²) in [6.45, 7) is 5.71. The second kappa shape index (κ2) is 9.01. The van der Waals surface area contributed by atoms with E-state index in [-0.39, 0.29) is 24.4 Å². The van der Waals surface area contributed by atoms with Gasteiger partial charge in [-0.15, -0.1) is 12.4 Å². The number of piperidine rings is 1. The van der Waals surface area contributed by atoms with Gasteiger partial charge in [0.2, 0.25) is 5.91 Å². The minimum atomic E-state index is 0. The first-order valence-electron chi connectivity index (χ1n) is 7.79. The van der Waals surface area contributed by atoms with E-state index >= 15 is 0 Å². The van der Waals surface area contributed by atoms with Crippen molar-refractivity contribution in [3.63, 3.8) is 0 Å². The van der Waals surface area contributed by atoms with E-state index in [0.717, 1.165) is 37.2 Å². The van der Waals surface area contributed by atoms with Gasteiger partial charge in [0.15, 0.2) is 0 Å². The molecule has 0 aromatic heterocycles. The van der Waals surface area contributed by atoms with Gasteiger partial charge in [0.1, 0.15) is 5.75 Å². The molecule has 1 aromatic rings. The predicted molar refractivity (Wildman–Crippen MR) is 91.8 cm³/mol. The molecule has 2 rings (SSSR count). The molecule has 0 radical (unpaired) electrons. The molecule has 124 valence electrons. The third-order valence-corrected chi connectivity index (χ3v) is 3.88. The van der Waals surface area contributed by atoms with Crippen molar-refractivity contribution < 1.29 is 9.53 Å². The van der Waals surface area contributed by atoms with Crippen LogP contribution in [0.3, 0.4) is 0 Å². The average Bonchev–Trinajstić information content (AvgIpc) is 2.47. The van der Waals surface area contributed by atoms with E-state index in [4.69, 9.17) is 4.74 Å². The van der Waals surface area contributed by atoms with E-state index in [1.807, 2.05) is 50.1 Å². The van der Waals surface area contributed by atoms with E-state index in [1.165, 1.54) is 0 Å². The fraction of sp³-hybridized carbons (Fsp3) is 0.588. The third kappa shape index (κ3) is 5.50. The van der Waals surface area contributed by atoms with Gasteiger partial charge in [-0.1, -0.05) is 12.1 Å². The van der Waals surface area contributed by atoms with Gasteiger partial charge in [0, 0.05) is 19.1 Å². The summed E-state index contributed by atoms with van der Waals surface area (Å²) >= 11 is 0. The normalized spacial score (nSPS) is 15.5. The van der Waals surface area contributed by atoms with Crippen LogP contribution in [0.25, 0.3) is 0 Å². The number of carbonyl (C=O) groups excluding carboxylic acids is 1. The zero-order valence-corrected chi connectivity index (χ0v) is 14.5. The van der Waals surface area contributed by atoms with E-state index in [2.05, 4.69) is 5.32 Å². The molecule has 1 amide bonds. The molecule has 0 unspecified atom stereocenters. The molecular weight excluding hydrogens is 300 g/mol. The van der Waals surface area contributed by atoms with Crippen molar-refractivity contribution in [2.75, 3.05) is 20.1 Å². The molecule has 4 nitrogen and oxygen atoms in total. The summed E-state index contributed by atoms with van der Waals surface area (Å²) in [7, 11) is 1.99. The quantitative estimate of drug-likeness (QED) is 0.904. The summed E-state index contributed by atoms with van der Waals surface area (Å²) in [5, 5.41) is 3.28. The highest BCUT2D eigenvalue weighted by Crippen LogP contribution is 2.17. The summed E-state index contributed by atoms with van der Waals surface area (Å²) in [5.74, 6) is 1.05. The summed E-state index contributed by atoms with van der Waals surface area (Å²) in [6.07, 6.45) is 2.69. The van der Waals surface area contributed by atoms with Gasteiger partial charge in [0.25, 0.3) is 0 Å². The second-order valence-corrected chi connectivity index (χ2v) is 5.93. The summed E-state index contributed by atoms with van der Waals surface area (Å²) in [6, 6.07) is 8.40. The third-order valence-electron chi connectivity index (χ3n) is 3.88. The number of amides is 1. The molecule has 1 aliphatic rings. The molecule has 0 spiro atoms. The number of rotatable bonds is 5. The lowest BCUT2D eigenvalue weighted by molar-refractivity contribution is -0.131. The van der Waals surface area contributed by atoms with Crippen LogP contribution >= 0.6 is 12.4 Å². The minimum absolute atomic E-state index is 0. The molecule has 5 heteroatoms. The molecule has 1 heterocycles. The lowest BCUT2D eigenvalue weighted by atomic mass is 10.0. The molecule has 0 atom stereocenters. The number of halogens is 1. The number of ether oxygens (including phenoxy) is 1. The number of nitrogens with zero attached hydrogens (tertiary/aromatic N) is 1. The van der Waals surface area contributed by atoms with Crippen molar-refractivity contribution in [2.45, 2.75) is 45.3 Å². The smallest absolute Gasteiger partial charge is 0.226 e. The number of carbonyl (C=O) groups is 1. The highest BCUT2D eigenvalue weighted by atomic mass is 35.5. The average molecular weight is 327 g/mol. The molecule has 1 fully saturated rings. The van der Waals surface area contributed by atoms with Crippen molar-refractivity contribution in [1.82, 2.24) is 10.2 Å². The number of hydrogen-bond donors (Lipinski definition) is 1. The van der Waals surface area contributed by atoms with Crippen LogP contribution in [-0.4, -0.2) is 43.1 Å². The van der Waals surface area contributed by atoms with Crippen molar-refractivity contribution >= 4 is 18.3 Å². The first-order chi connectivity index (χ1) is 10.1. The van der Waals surface area contributed by atoms with Crippen molar-refractivity contribution in [2.24, 2.45) is 0 Å². The fourth-order valence-corrected chi connectivity index (χ4v) is 2.70. The second-order valence-electron chi connectivity index (χ2n) is 5.93. The molecule has 0 saturated carbocycles. The van der Waals surface area contributed by atoms with E-state index in [0.29, 0.717) is 12.5 Å². The van der Waals surface area contributed by atoms with Gasteiger partial charge in [-0.3, -0.25) is 4.79 Å². The maximum absolute atomic E-state index is 12.4. The van der Waals surface area contributed by atoms with Crippen molar-refractivity contribution in [3.8, 4) is 5.75 Å². The Bertz CT molecular complexity index is 471. The highest BCUT2D eigenvalue weighted by molar-refractivity contribution is 5.85. The SMILES string of the molecule is CNC1CCN(C(=O)Cc2cccc(OC(C)C)c2)CC1.Cl. The Morgan fingerprint density at radius 2 is 2.05 bits per heavy atom. The Morgan fingerprint density at radius 3 is 2.64 bits per heavy atom. The van der Waals surface area contributed by atoms with Crippen LogP contribution in [0.1, 0.15) is 32.3 Å². The Labute approximate surface area is 139 Å². The molecular formula is C17H27ClN2O2. The Balaban J connectivity index is 0.00000242. The van der Waals surface area contributed by atoms with Crippen LogP contribution < -0.4 is 10.1 Å². The van der Waals surface area contributed by atoms with Crippen LogP contribution in [0, 0.1) is 0 Å². The molecule has 0 bridgehead atoms. The van der Waals surface area contributed by atoms with Gasteiger partial charge >= 0.3 is 0 Å². The van der Waals surface area contributed by atoms with Gasteiger partial charge in [0.05, 0.1) is 12.5 Å². The van der Waals surface area contributed by atoms with E-state index < -0.39 is 0 Å². The molecule has 1 aromatic carbocycles. The van der Waals surface area contributed by atoms with Gasteiger partial charge in [-0.05, 0) is 51.4 Å². The van der Waals surface area contributed by atoms with Gasteiger partial charge < -0.3 is 15.0 Å². The predicted octanol–water partition coefficient (Wildman–Crippen LogP) is 2.65. The number of hydrogen-bond acceptors (Lipinski definition) is 3. The Morgan fingerprint density at radius 1 is 1.36 bits per heavy atom. The minimum Gasteiger partial charge on any atom is -0.491 e. The first kappa shape index (κ1) is 18.8.